The molecule has 1 atom stereocenters. The monoisotopic (exact) mass is 904 g/mol. The number of ether oxygens (including phenoxy) is 3. The Balaban J connectivity index is 1.13. The molecule has 0 bridgehead atoms. The lowest BCUT2D eigenvalue weighted by molar-refractivity contribution is -0.145. The zero-order valence-electron chi connectivity index (χ0n) is 33.7. The number of carboxylic acid groups (broad SMARTS) is 1. The number of alkyl halides is 3. The number of rotatable bonds is 15. The van der Waals surface area contributed by atoms with Gasteiger partial charge in [0.2, 0.25) is 12.0 Å². The number of piperazine rings is 1. The van der Waals surface area contributed by atoms with Crippen molar-refractivity contribution in [2.24, 2.45) is 0 Å². The van der Waals surface area contributed by atoms with Crippen molar-refractivity contribution in [3.8, 4) is 39.8 Å². The van der Waals surface area contributed by atoms with E-state index in [1.54, 1.807) is 30.5 Å². The van der Waals surface area contributed by atoms with Crippen LogP contribution in [-0.4, -0.2) is 98.7 Å². The highest BCUT2D eigenvalue weighted by Crippen LogP contribution is 2.45. The summed E-state index contributed by atoms with van der Waals surface area (Å²) in [6.45, 7) is 5.62. The minimum absolute atomic E-state index is 0.106. The van der Waals surface area contributed by atoms with Crippen LogP contribution in [0.5, 0.6) is 17.4 Å². The van der Waals surface area contributed by atoms with Crippen molar-refractivity contribution < 1.29 is 37.3 Å². The lowest BCUT2D eigenvalue weighted by Crippen LogP contribution is -2.45. The van der Waals surface area contributed by atoms with Gasteiger partial charge in [0.25, 0.3) is 0 Å². The second-order valence-electron chi connectivity index (χ2n) is 15.1. The normalized spacial score (nSPS) is 14.4. The number of para-hydroxylation sites is 1. The van der Waals surface area contributed by atoms with Gasteiger partial charge in [-0.25, -0.2) is 4.79 Å². The van der Waals surface area contributed by atoms with Crippen LogP contribution in [-0.2, 0) is 24.4 Å². The maximum atomic E-state index is 13.1. The number of fused-ring (bicyclic) bond motifs is 2. The molecule has 17 heteroatoms. The Morgan fingerprint density at radius 2 is 1.74 bits per heavy atom. The zero-order chi connectivity index (χ0) is 43.5. The number of aromatic nitrogens is 4. The molecule has 1 aliphatic rings. The summed E-state index contributed by atoms with van der Waals surface area (Å²) < 4.78 is 64.1. The lowest BCUT2D eigenvalue weighted by Gasteiger charge is -2.32. The molecule has 0 amide bonds. The predicted octanol–water partition coefficient (Wildman–Crippen LogP) is 9.83. The van der Waals surface area contributed by atoms with Gasteiger partial charge < -0.3 is 24.2 Å². The Labute approximate surface area is 369 Å². The third-order valence-corrected chi connectivity index (χ3v) is 12.3. The van der Waals surface area contributed by atoms with Gasteiger partial charge in [0.1, 0.15) is 31.3 Å². The van der Waals surface area contributed by atoms with Crippen LogP contribution in [0, 0.1) is 6.92 Å². The number of nitrogens with zero attached hydrogens (tertiary/aromatic N) is 6. The number of hydrogen-bond donors (Lipinski definition) is 1. The molecule has 4 aromatic carbocycles. The van der Waals surface area contributed by atoms with Gasteiger partial charge in [-0.15, -0.1) is 0 Å². The Kier molecular flexibility index (Phi) is 12.9. The summed E-state index contributed by atoms with van der Waals surface area (Å²) in [7, 11) is 2.12. The number of carbonyl (C=O) groups is 1. The molecule has 0 spiro atoms. The van der Waals surface area contributed by atoms with E-state index in [1.807, 2.05) is 55.5 Å². The summed E-state index contributed by atoms with van der Waals surface area (Å²) in [5.74, 6) is -0.304. The number of carboxylic acids is 1. The van der Waals surface area contributed by atoms with Crippen LogP contribution in [0.25, 0.3) is 43.2 Å². The summed E-state index contributed by atoms with van der Waals surface area (Å²) in [6.07, 6.45) is -3.05. The van der Waals surface area contributed by atoms with Crippen molar-refractivity contribution in [3.63, 3.8) is 0 Å². The van der Waals surface area contributed by atoms with Gasteiger partial charge in [-0.2, -0.15) is 22.6 Å². The minimum Gasteiger partial charge on any atom is -0.491 e. The van der Waals surface area contributed by atoms with E-state index in [4.69, 9.17) is 42.4 Å². The van der Waals surface area contributed by atoms with Gasteiger partial charge in [-0.05, 0) is 102 Å². The van der Waals surface area contributed by atoms with E-state index in [9.17, 15) is 23.1 Å². The van der Waals surface area contributed by atoms with Crippen LogP contribution in [0.15, 0.2) is 91.3 Å². The number of pyridine rings is 1. The third-order valence-electron chi connectivity index (χ3n) is 10.9. The average Bonchev–Trinajstić information content (AvgIpc) is 3.87. The summed E-state index contributed by atoms with van der Waals surface area (Å²) in [5.41, 5.74) is 4.37. The van der Waals surface area contributed by atoms with Crippen molar-refractivity contribution in [3.05, 3.63) is 118 Å². The molecule has 0 radical (unpaired) electrons. The van der Waals surface area contributed by atoms with Crippen molar-refractivity contribution >= 4 is 61.6 Å². The van der Waals surface area contributed by atoms with Crippen LogP contribution in [0.2, 0.25) is 10.0 Å². The standard InChI is InChI=1S/C45H41Cl2F3N6O5S/c1-27-33(9-10-37(41(27)47)59-20-19-55-17-15-54(2)16-18-55)35-22-30(42-34-8-7-31(46)21-28(34)11-13-51-42)24-39-40(35)43(53-62-39)61-38(44(57)58)23-29-5-3-4-6-36(29)60-25-32-12-14-52-56(32)26-45(48,49)50/h3-14,21-22,24,38H,15-20,23,25-26H2,1-2H3,(H,57,58)/t38-/m1/s1. The first kappa shape index (κ1) is 43.2. The quantitative estimate of drug-likeness (QED) is 0.107. The van der Waals surface area contributed by atoms with Crippen molar-refractivity contribution in [2.75, 3.05) is 46.4 Å². The molecular formula is C45H41Cl2F3N6O5S. The highest BCUT2D eigenvalue weighted by atomic mass is 35.5. The largest absolute Gasteiger partial charge is 0.491 e. The van der Waals surface area contributed by atoms with E-state index >= 15 is 0 Å². The molecule has 1 fully saturated rings. The van der Waals surface area contributed by atoms with Gasteiger partial charge in [-0.1, -0.05) is 53.5 Å². The summed E-state index contributed by atoms with van der Waals surface area (Å²) in [5, 5.41) is 17.7. The second-order valence-corrected chi connectivity index (χ2v) is 16.7. The van der Waals surface area contributed by atoms with Gasteiger partial charge in [0.05, 0.1) is 26.5 Å². The molecule has 4 heterocycles. The first-order chi connectivity index (χ1) is 29.8. The Morgan fingerprint density at radius 1 is 0.935 bits per heavy atom. The smallest absolute Gasteiger partial charge is 0.408 e. The molecule has 1 saturated heterocycles. The zero-order valence-corrected chi connectivity index (χ0v) is 36.0. The minimum atomic E-state index is -4.47. The Hall–Kier alpha value is -5.45. The van der Waals surface area contributed by atoms with Crippen LogP contribution < -0.4 is 14.2 Å². The number of benzene rings is 4. The molecule has 0 saturated carbocycles. The second kappa shape index (κ2) is 18.5. The maximum Gasteiger partial charge on any atom is 0.408 e. The maximum absolute atomic E-state index is 13.1. The topological polar surface area (TPSA) is 115 Å². The van der Waals surface area contributed by atoms with E-state index < -0.39 is 24.8 Å². The van der Waals surface area contributed by atoms with Crippen molar-refractivity contribution in [1.82, 2.24) is 28.9 Å². The van der Waals surface area contributed by atoms with Crippen LogP contribution in [0.3, 0.4) is 0 Å². The third kappa shape index (κ3) is 9.77. The average molecular weight is 906 g/mol. The summed E-state index contributed by atoms with van der Waals surface area (Å²) in [6, 6.07) is 23.4. The van der Waals surface area contributed by atoms with Gasteiger partial charge >= 0.3 is 12.1 Å². The highest BCUT2D eigenvalue weighted by Gasteiger charge is 2.30. The number of halogens is 5. The SMILES string of the molecule is Cc1c(-c2cc(-c3nccc4cc(Cl)ccc34)cc3snc(O[C@H](Cc4ccccc4OCc4ccnn4CC(F)(F)F)C(=O)O)c23)ccc(OCCN2CCN(C)CC2)c1Cl. The molecule has 3 aromatic heterocycles. The first-order valence-electron chi connectivity index (χ1n) is 19.8. The molecule has 62 heavy (non-hydrogen) atoms. The fraction of sp³-hybridized carbons (Fsp3) is 0.289. The summed E-state index contributed by atoms with van der Waals surface area (Å²) >= 11 is 14.6. The van der Waals surface area contributed by atoms with Crippen molar-refractivity contribution in [2.45, 2.75) is 38.8 Å². The van der Waals surface area contributed by atoms with E-state index in [-0.39, 0.29) is 30.4 Å². The first-order valence-corrected chi connectivity index (χ1v) is 21.3. The fourth-order valence-corrected chi connectivity index (χ4v) is 8.73. The summed E-state index contributed by atoms with van der Waals surface area (Å²) in [4.78, 5) is 22.4. The van der Waals surface area contributed by atoms with E-state index in [1.165, 1.54) is 12.3 Å². The van der Waals surface area contributed by atoms with E-state index in [0.717, 1.165) is 76.4 Å². The molecule has 322 valence electrons. The van der Waals surface area contributed by atoms with Crippen LogP contribution in [0.4, 0.5) is 13.2 Å². The molecule has 1 aliphatic heterocycles. The molecule has 1 N–H and O–H groups in total. The Morgan fingerprint density at radius 3 is 2.53 bits per heavy atom. The van der Waals surface area contributed by atoms with Crippen LogP contribution >= 0.6 is 34.7 Å². The molecule has 8 rings (SSSR count). The Bertz CT molecular complexity index is 2740. The molecule has 7 aromatic rings. The highest BCUT2D eigenvalue weighted by molar-refractivity contribution is 7.13. The molecule has 0 aliphatic carbocycles. The number of aliphatic carboxylic acids is 1. The predicted molar refractivity (Wildman–Crippen MR) is 235 cm³/mol. The van der Waals surface area contributed by atoms with Crippen LogP contribution in [0.1, 0.15) is 16.8 Å². The molecule has 11 nitrogen and oxygen atoms in total. The van der Waals surface area contributed by atoms with Gasteiger partial charge in [0.15, 0.2) is 0 Å². The fourth-order valence-electron chi connectivity index (χ4n) is 7.55. The van der Waals surface area contributed by atoms with E-state index in [0.29, 0.717) is 49.3 Å². The number of likely N-dealkylation sites (N-methyl/N-ethyl adjacent to an activating group) is 1. The van der Waals surface area contributed by atoms with Gasteiger partial charge in [-0.3, -0.25) is 14.6 Å². The number of hydrogen-bond acceptors (Lipinski definition) is 10. The lowest BCUT2D eigenvalue weighted by atomic mass is 9.93. The van der Waals surface area contributed by atoms with Gasteiger partial charge in [0, 0.05) is 67.5 Å². The van der Waals surface area contributed by atoms with Crippen molar-refractivity contribution in [1.29, 1.82) is 0 Å². The van der Waals surface area contributed by atoms with E-state index in [2.05, 4.69) is 26.3 Å². The molecule has 0 unspecified atom stereocenters. The molecular weight excluding hydrogens is 864 g/mol.